The van der Waals surface area contributed by atoms with Gasteiger partial charge in [-0.1, -0.05) is 18.2 Å². The lowest BCUT2D eigenvalue weighted by Gasteiger charge is -2.21. The number of aryl methyl sites for hydroxylation is 1. The van der Waals surface area contributed by atoms with Crippen molar-refractivity contribution in [2.24, 2.45) is 23.6 Å². The molecular formula is C16H20N2O. The Morgan fingerprint density at radius 1 is 1.26 bits per heavy atom. The smallest absolute Gasteiger partial charge is 0.137 e. The molecular weight excluding hydrogens is 236 g/mol. The molecule has 3 atom stereocenters. The van der Waals surface area contributed by atoms with Crippen LogP contribution in [0.15, 0.2) is 28.7 Å². The van der Waals surface area contributed by atoms with Crippen LogP contribution in [0.1, 0.15) is 36.6 Å². The van der Waals surface area contributed by atoms with Gasteiger partial charge in [-0.3, -0.25) is 5.84 Å². The zero-order valence-corrected chi connectivity index (χ0v) is 11.2. The molecule has 0 radical (unpaired) electrons. The van der Waals surface area contributed by atoms with Crippen LogP contribution in [0.2, 0.25) is 0 Å². The van der Waals surface area contributed by atoms with E-state index in [4.69, 9.17) is 10.3 Å². The molecule has 1 aromatic carbocycles. The number of furan rings is 1. The van der Waals surface area contributed by atoms with Gasteiger partial charge < -0.3 is 4.42 Å². The molecule has 3 unspecified atom stereocenters. The van der Waals surface area contributed by atoms with Crippen molar-refractivity contribution in [3.8, 4) is 0 Å². The van der Waals surface area contributed by atoms with Crippen molar-refractivity contribution in [2.75, 3.05) is 0 Å². The van der Waals surface area contributed by atoms with Crippen molar-refractivity contribution >= 4 is 11.0 Å². The molecule has 3 N–H and O–H groups in total. The summed E-state index contributed by atoms with van der Waals surface area (Å²) in [5, 5.41) is 1.18. The monoisotopic (exact) mass is 256 g/mol. The van der Waals surface area contributed by atoms with Crippen LogP contribution in [-0.2, 0) is 0 Å². The van der Waals surface area contributed by atoms with Gasteiger partial charge in [0.25, 0.3) is 0 Å². The summed E-state index contributed by atoms with van der Waals surface area (Å²) >= 11 is 0. The van der Waals surface area contributed by atoms with Gasteiger partial charge in [0.2, 0.25) is 0 Å². The number of hydrogen-bond donors (Lipinski definition) is 2. The second kappa shape index (κ2) is 4.09. The zero-order valence-electron chi connectivity index (χ0n) is 11.2. The van der Waals surface area contributed by atoms with Crippen LogP contribution in [0.4, 0.5) is 0 Å². The maximum atomic E-state index is 6.07. The van der Waals surface area contributed by atoms with Crippen LogP contribution in [-0.4, -0.2) is 0 Å². The number of rotatable bonds is 3. The number of benzene rings is 1. The molecule has 2 aliphatic carbocycles. The predicted molar refractivity (Wildman–Crippen MR) is 75.3 cm³/mol. The number of para-hydroxylation sites is 1. The fraction of sp³-hybridized carbons (Fsp3) is 0.500. The van der Waals surface area contributed by atoms with E-state index >= 15 is 0 Å². The molecule has 0 saturated heterocycles. The van der Waals surface area contributed by atoms with Crippen molar-refractivity contribution < 1.29 is 4.42 Å². The number of hydrogen-bond acceptors (Lipinski definition) is 3. The van der Waals surface area contributed by atoms with Gasteiger partial charge in [-0.05, 0) is 55.6 Å². The highest BCUT2D eigenvalue weighted by atomic mass is 16.3. The van der Waals surface area contributed by atoms with Gasteiger partial charge in [0.15, 0.2) is 0 Å². The third-order valence-electron chi connectivity index (χ3n) is 5.00. The Balaban J connectivity index is 1.69. The van der Waals surface area contributed by atoms with E-state index in [1.54, 1.807) is 0 Å². The van der Waals surface area contributed by atoms with Crippen LogP contribution in [0.3, 0.4) is 0 Å². The minimum atomic E-state index is 0.166. The van der Waals surface area contributed by atoms with Crippen LogP contribution in [0.25, 0.3) is 11.0 Å². The second-order valence-corrected chi connectivity index (χ2v) is 6.27. The highest BCUT2D eigenvalue weighted by molar-refractivity contribution is 5.81. The standard InChI is InChI=1S/C16H20N2O/c1-9-3-2-4-10-8-14(19-16(9)10)15(18-17)13-6-11-5-12(11)7-13/h2-4,8,11-13,15,18H,5-7,17H2,1H3. The summed E-state index contributed by atoms with van der Waals surface area (Å²) in [6.45, 7) is 2.09. The quantitative estimate of drug-likeness (QED) is 0.654. The zero-order chi connectivity index (χ0) is 13.0. The SMILES string of the molecule is Cc1cccc2cc(C(NN)C3CC4CC4C3)oc12. The third-order valence-corrected chi connectivity index (χ3v) is 5.00. The lowest BCUT2D eigenvalue weighted by molar-refractivity contribution is 0.304. The molecule has 1 heterocycles. The van der Waals surface area contributed by atoms with Crippen LogP contribution < -0.4 is 11.3 Å². The fourth-order valence-electron chi connectivity index (χ4n) is 3.87. The summed E-state index contributed by atoms with van der Waals surface area (Å²) in [4.78, 5) is 0. The first-order chi connectivity index (χ1) is 9.26. The fourth-order valence-corrected chi connectivity index (χ4v) is 3.87. The normalized spacial score (nSPS) is 30.5. The topological polar surface area (TPSA) is 51.2 Å². The van der Waals surface area contributed by atoms with E-state index in [2.05, 4.69) is 36.6 Å². The van der Waals surface area contributed by atoms with Gasteiger partial charge in [0, 0.05) is 5.39 Å². The van der Waals surface area contributed by atoms with Crippen molar-refractivity contribution in [3.05, 3.63) is 35.6 Å². The van der Waals surface area contributed by atoms with Crippen LogP contribution in [0.5, 0.6) is 0 Å². The van der Waals surface area contributed by atoms with Gasteiger partial charge in [0.1, 0.15) is 11.3 Å². The van der Waals surface area contributed by atoms with Gasteiger partial charge in [-0.2, -0.15) is 0 Å². The van der Waals surface area contributed by atoms with Crippen molar-refractivity contribution in [2.45, 2.75) is 32.2 Å². The number of nitrogens with two attached hydrogens (primary N) is 1. The highest BCUT2D eigenvalue weighted by Gasteiger charge is 2.48. The van der Waals surface area contributed by atoms with E-state index in [9.17, 15) is 0 Å². The molecule has 2 aliphatic rings. The van der Waals surface area contributed by atoms with Crippen molar-refractivity contribution in [1.29, 1.82) is 0 Å². The molecule has 19 heavy (non-hydrogen) atoms. The molecule has 100 valence electrons. The second-order valence-electron chi connectivity index (χ2n) is 6.27. The summed E-state index contributed by atoms with van der Waals surface area (Å²) in [5.74, 6) is 9.36. The van der Waals surface area contributed by atoms with E-state index in [1.807, 2.05) is 0 Å². The Hall–Kier alpha value is -1.32. The van der Waals surface area contributed by atoms with Gasteiger partial charge in [0.05, 0.1) is 6.04 Å². The molecule has 2 fully saturated rings. The highest BCUT2D eigenvalue weighted by Crippen LogP contribution is 2.57. The lowest BCUT2D eigenvalue weighted by Crippen LogP contribution is -2.32. The van der Waals surface area contributed by atoms with Crippen molar-refractivity contribution in [1.82, 2.24) is 5.43 Å². The van der Waals surface area contributed by atoms with Gasteiger partial charge in [-0.25, -0.2) is 5.43 Å². The molecule has 1 aromatic heterocycles. The summed E-state index contributed by atoms with van der Waals surface area (Å²) in [5.41, 5.74) is 5.18. The first kappa shape index (κ1) is 11.5. The first-order valence-electron chi connectivity index (χ1n) is 7.21. The Morgan fingerprint density at radius 3 is 2.74 bits per heavy atom. The van der Waals surface area contributed by atoms with Crippen molar-refractivity contribution in [3.63, 3.8) is 0 Å². The van der Waals surface area contributed by atoms with Crippen LogP contribution in [0, 0.1) is 24.7 Å². The summed E-state index contributed by atoms with van der Waals surface area (Å²) < 4.78 is 6.07. The molecule has 0 spiro atoms. The number of nitrogens with one attached hydrogen (secondary N) is 1. The maximum Gasteiger partial charge on any atom is 0.137 e. The molecule has 3 heteroatoms. The summed E-state index contributed by atoms with van der Waals surface area (Å²) in [7, 11) is 0. The van der Waals surface area contributed by atoms with E-state index < -0.39 is 0 Å². The molecule has 0 aliphatic heterocycles. The van der Waals surface area contributed by atoms with Gasteiger partial charge >= 0.3 is 0 Å². The minimum Gasteiger partial charge on any atom is -0.459 e. The van der Waals surface area contributed by atoms with Gasteiger partial charge in [-0.15, -0.1) is 0 Å². The van der Waals surface area contributed by atoms with E-state index in [-0.39, 0.29) is 6.04 Å². The number of hydrazine groups is 1. The number of fused-ring (bicyclic) bond motifs is 2. The maximum absolute atomic E-state index is 6.07. The lowest BCUT2D eigenvalue weighted by atomic mass is 9.93. The molecule has 2 saturated carbocycles. The van der Waals surface area contributed by atoms with E-state index in [0.717, 1.165) is 23.2 Å². The average molecular weight is 256 g/mol. The molecule has 2 aromatic rings. The average Bonchev–Trinajstić information content (AvgIpc) is 2.85. The molecule has 3 nitrogen and oxygen atoms in total. The van der Waals surface area contributed by atoms with Crippen LogP contribution >= 0.6 is 0 Å². The molecule has 0 bridgehead atoms. The summed E-state index contributed by atoms with van der Waals surface area (Å²) in [6.07, 6.45) is 4.04. The summed E-state index contributed by atoms with van der Waals surface area (Å²) in [6, 6.07) is 8.59. The predicted octanol–water partition coefficient (Wildman–Crippen LogP) is 3.29. The molecule has 4 rings (SSSR count). The largest absolute Gasteiger partial charge is 0.459 e. The third kappa shape index (κ3) is 1.80. The first-order valence-corrected chi connectivity index (χ1v) is 7.21. The Bertz CT molecular complexity index is 608. The Labute approximate surface area is 113 Å². The Morgan fingerprint density at radius 2 is 2.05 bits per heavy atom. The molecule has 0 amide bonds. The van der Waals surface area contributed by atoms with E-state index in [0.29, 0.717) is 5.92 Å². The minimum absolute atomic E-state index is 0.166. The Kier molecular flexibility index (Phi) is 2.47. The van der Waals surface area contributed by atoms with E-state index in [1.165, 1.54) is 30.2 Å².